The number of anilines is 1. The largest absolute Gasteiger partial charge is 0.755 e. The molecular weight excluding hydrogens is 517 g/mol. The number of fused-ring (bicyclic) bond motifs is 1. The molecular formula is C28H37N4O2S2Si-. The molecule has 198 valence electrons. The van der Waals surface area contributed by atoms with Gasteiger partial charge in [0, 0.05) is 34.5 Å². The van der Waals surface area contributed by atoms with Crippen molar-refractivity contribution in [2.75, 3.05) is 4.31 Å². The molecule has 0 amide bonds. The van der Waals surface area contributed by atoms with Gasteiger partial charge in [0.05, 0.1) is 14.6 Å². The molecule has 1 unspecified atom stereocenters. The summed E-state index contributed by atoms with van der Waals surface area (Å²) in [5, 5.41) is 0.787. The van der Waals surface area contributed by atoms with Crippen LogP contribution in [0.15, 0.2) is 36.4 Å². The van der Waals surface area contributed by atoms with E-state index in [9.17, 15) is 8.76 Å². The number of nitrogens with zero attached hydrogens (tertiary/aromatic N) is 4. The highest BCUT2D eigenvalue weighted by Crippen LogP contribution is 2.40. The third-order valence-electron chi connectivity index (χ3n) is 6.42. The summed E-state index contributed by atoms with van der Waals surface area (Å²) in [6.45, 7) is 19.6. The summed E-state index contributed by atoms with van der Waals surface area (Å²) in [6, 6.07) is 12.8. The predicted molar refractivity (Wildman–Crippen MR) is 159 cm³/mol. The van der Waals surface area contributed by atoms with E-state index in [1.54, 1.807) is 11.3 Å². The third kappa shape index (κ3) is 5.60. The quantitative estimate of drug-likeness (QED) is 0.198. The van der Waals surface area contributed by atoms with Crippen LogP contribution in [0.4, 0.5) is 5.00 Å². The van der Waals surface area contributed by atoms with Crippen molar-refractivity contribution in [3.8, 4) is 11.1 Å². The molecule has 0 aliphatic carbocycles. The fourth-order valence-electron chi connectivity index (χ4n) is 4.56. The summed E-state index contributed by atoms with van der Waals surface area (Å²) in [7, 11) is -1.64. The first-order valence-corrected chi connectivity index (χ1v) is 18.0. The van der Waals surface area contributed by atoms with Crippen LogP contribution in [-0.2, 0) is 24.2 Å². The Balaban J connectivity index is 1.76. The van der Waals surface area contributed by atoms with E-state index in [2.05, 4.69) is 74.5 Å². The van der Waals surface area contributed by atoms with E-state index >= 15 is 0 Å². The number of hydrogen-bond acceptors (Lipinski definition) is 5. The second kappa shape index (κ2) is 10.1. The molecule has 4 rings (SSSR count). The van der Waals surface area contributed by atoms with E-state index in [0.29, 0.717) is 6.54 Å². The van der Waals surface area contributed by atoms with E-state index in [1.807, 2.05) is 27.7 Å². The van der Waals surface area contributed by atoms with Gasteiger partial charge in [-0.25, -0.2) is 9.97 Å². The smallest absolute Gasteiger partial charge is 0.160 e. The molecule has 0 bridgehead atoms. The molecule has 37 heavy (non-hydrogen) atoms. The first-order valence-electron chi connectivity index (χ1n) is 12.7. The van der Waals surface area contributed by atoms with Gasteiger partial charge < -0.3 is 9.12 Å². The average Bonchev–Trinajstić information content (AvgIpc) is 3.35. The third-order valence-corrected chi connectivity index (χ3v) is 12.3. The van der Waals surface area contributed by atoms with Crippen LogP contribution in [0.1, 0.15) is 50.3 Å². The molecule has 0 radical (unpaired) electrons. The standard InChI is InChI=1S/C28H38N4O2S2Si/c1-10-23-30-25-18(2)15-19(3)29-26(25)31(23)17-20-11-13-21(14-12-20)22-16-24(37(7,8)9)35-27(22)32(36(33)34)28(4,5)6/h11-16H,10,17H2,1-9H3,(H,33,34)/p-1. The Morgan fingerprint density at radius 2 is 1.73 bits per heavy atom. The molecule has 0 spiro atoms. The zero-order valence-electron chi connectivity index (χ0n) is 23.3. The average molecular weight is 554 g/mol. The number of hydrogen-bond donors (Lipinski definition) is 0. The monoisotopic (exact) mass is 553 g/mol. The molecule has 0 N–H and O–H groups in total. The first-order chi connectivity index (χ1) is 17.2. The van der Waals surface area contributed by atoms with E-state index in [4.69, 9.17) is 9.97 Å². The number of pyridine rings is 1. The molecule has 0 saturated heterocycles. The molecule has 0 fully saturated rings. The zero-order valence-corrected chi connectivity index (χ0v) is 25.9. The van der Waals surface area contributed by atoms with Crippen molar-refractivity contribution in [2.45, 2.75) is 79.7 Å². The number of rotatable bonds is 7. The van der Waals surface area contributed by atoms with Crippen LogP contribution in [0.5, 0.6) is 0 Å². The number of imidazole rings is 1. The zero-order chi connectivity index (χ0) is 27.3. The SMILES string of the molecule is CCc1nc2c(C)cc(C)nc2n1Cc1ccc(-c2cc([Si](C)(C)C)sc2N(S(=O)[O-])C(C)(C)C)cc1. The molecule has 0 saturated carbocycles. The molecule has 1 atom stereocenters. The van der Waals surface area contributed by atoms with Crippen molar-refractivity contribution >= 4 is 51.3 Å². The second-order valence-corrected chi connectivity index (χ2v) is 18.9. The molecule has 0 aliphatic heterocycles. The summed E-state index contributed by atoms with van der Waals surface area (Å²) in [5.41, 5.74) is 6.62. The first kappa shape index (κ1) is 27.7. The number of benzene rings is 1. The maximum atomic E-state index is 12.4. The number of thiophene rings is 1. The van der Waals surface area contributed by atoms with Gasteiger partial charge in [-0.2, -0.15) is 0 Å². The van der Waals surface area contributed by atoms with E-state index in [0.717, 1.165) is 56.4 Å². The summed E-state index contributed by atoms with van der Waals surface area (Å²) < 4.78 is 29.8. The van der Waals surface area contributed by atoms with Crippen LogP contribution in [0.25, 0.3) is 22.3 Å². The van der Waals surface area contributed by atoms with Crippen molar-refractivity contribution in [2.24, 2.45) is 0 Å². The highest BCUT2D eigenvalue weighted by Gasteiger charge is 2.30. The summed E-state index contributed by atoms with van der Waals surface area (Å²) in [4.78, 5) is 9.68. The van der Waals surface area contributed by atoms with Crippen molar-refractivity contribution in [1.82, 2.24) is 14.5 Å². The Bertz CT molecular complexity index is 1460. The van der Waals surface area contributed by atoms with Crippen molar-refractivity contribution in [3.63, 3.8) is 0 Å². The summed E-state index contributed by atoms with van der Waals surface area (Å²) in [5.74, 6) is 1.03. The number of aromatic nitrogens is 3. The highest BCUT2D eigenvalue weighted by molar-refractivity contribution is 7.81. The van der Waals surface area contributed by atoms with Gasteiger partial charge in [0.15, 0.2) is 5.65 Å². The number of aryl methyl sites for hydroxylation is 3. The fraction of sp³-hybridized carbons (Fsp3) is 0.429. The van der Waals surface area contributed by atoms with Gasteiger partial charge in [0.1, 0.15) is 16.3 Å². The van der Waals surface area contributed by atoms with Gasteiger partial charge in [-0.1, -0.05) is 50.8 Å². The minimum Gasteiger partial charge on any atom is -0.755 e. The van der Waals surface area contributed by atoms with Crippen LogP contribution in [0.3, 0.4) is 0 Å². The lowest BCUT2D eigenvalue weighted by atomic mass is 10.0. The molecule has 3 aromatic heterocycles. The van der Waals surface area contributed by atoms with Crippen LogP contribution in [0, 0.1) is 13.8 Å². The van der Waals surface area contributed by atoms with Gasteiger partial charge in [0.25, 0.3) is 0 Å². The second-order valence-electron chi connectivity index (χ2n) is 11.7. The van der Waals surface area contributed by atoms with Crippen LogP contribution < -0.4 is 8.81 Å². The molecule has 4 aromatic rings. The Labute approximate surface area is 228 Å². The van der Waals surface area contributed by atoms with Crippen molar-refractivity contribution in [3.05, 3.63) is 59.0 Å². The maximum Gasteiger partial charge on any atom is 0.160 e. The van der Waals surface area contributed by atoms with Crippen LogP contribution >= 0.6 is 11.3 Å². The minimum absolute atomic E-state index is 0.564. The van der Waals surface area contributed by atoms with E-state index < -0.39 is 24.9 Å². The van der Waals surface area contributed by atoms with Crippen molar-refractivity contribution in [1.29, 1.82) is 0 Å². The van der Waals surface area contributed by atoms with Gasteiger partial charge >= 0.3 is 0 Å². The van der Waals surface area contributed by atoms with Gasteiger partial charge in [-0.3, -0.25) is 8.51 Å². The Kier molecular flexibility index (Phi) is 7.55. The molecule has 1 aromatic carbocycles. The predicted octanol–water partition coefficient (Wildman–Crippen LogP) is 6.33. The molecule has 0 aliphatic rings. The van der Waals surface area contributed by atoms with Gasteiger partial charge in [0.2, 0.25) is 0 Å². The normalized spacial score (nSPS) is 13.4. The topological polar surface area (TPSA) is 74.1 Å². The van der Waals surface area contributed by atoms with Gasteiger partial charge in [-0.05, 0) is 67.9 Å². The molecule has 9 heteroatoms. The van der Waals surface area contributed by atoms with Gasteiger partial charge in [-0.15, -0.1) is 11.3 Å². The maximum absolute atomic E-state index is 12.4. The van der Waals surface area contributed by atoms with Crippen LogP contribution in [0.2, 0.25) is 19.6 Å². The molecule has 6 nitrogen and oxygen atoms in total. The van der Waals surface area contributed by atoms with E-state index in [1.165, 1.54) is 8.81 Å². The lowest BCUT2D eigenvalue weighted by Crippen LogP contribution is -2.42. The van der Waals surface area contributed by atoms with Crippen LogP contribution in [-0.4, -0.2) is 36.9 Å². The fourth-order valence-corrected chi connectivity index (χ4v) is 8.66. The lowest BCUT2D eigenvalue weighted by molar-refractivity contribution is 0.499. The van der Waals surface area contributed by atoms with Crippen molar-refractivity contribution < 1.29 is 8.76 Å². The Morgan fingerprint density at radius 3 is 2.27 bits per heavy atom. The lowest BCUT2D eigenvalue weighted by Gasteiger charge is -2.38. The Hall–Kier alpha value is -2.33. The molecule has 3 heterocycles. The highest BCUT2D eigenvalue weighted by atomic mass is 32.2. The summed E-state index contributed by atoms with van der Waals surface area (Å²) in [6.07, 6.45) is 0.833. The Morgan fingerprint density at radius 1 is 1.08 bits per heavy atom. The van der Waals surface area contributed by atoms with E-state index in [-0.39, 0.29) is 0 Å². The summed E-state index contributed by atoms with van der Waals surface area (Å²) >= 11 is -0.761. The minimum atomic E-state index is -2.38.